The second kappa shape index (κ2) is 4.19. The number of halogens is 1. The SMILES string of the molecule is Clc1ccnc(-c2ccc3ccccc3c2)c1. The van der Waals surface area contributed by atoms with E-state index >= 15 is 0 Å². The summed E-state index contributed by atoms with van der Waals surface area (Å²) in [6.45, 7) is 0. The van der Waals surface area contributed by atoms with Crippen LogP contribution in [0.3, 0.4) is 0 Å². The number of aromatic nitrogens is 1. The summed E-state index contributed by atoms with van der Waals surface area (Å²) in [6.07, 6.45) is 1.73. The maximum absolute atomic E-state index is 5.97. The standard InChI is InChI=1S/C15H10ClN/c16-14-7-8-17-15(10-14)13-6-5-11-3-1-2-4-12(11)9-13/h1-10H. The largest absolute Gasteiger partial charge is 0.256 e. The van der Waals surface area contributed by atoms with E-state index in [1.54, 1.807) is 12.3 Å². The number of fused-ring (bicyclic) bond motifs is 1. The number of hydrogen-bond acceptors (Lipinski definition) is 1. The van der Waals surface area contributed by atoms with E-state index in [-0.39, 0.29) is 0 Å². The van der Waals surface area contributed by atoms with Gasteiger partial charge in [-0.3, -0.25) is 4.98 Å². The van der Waals surface area contributed by atoms with E-state index in [1.165, 1.54) is 10.8 Å². The van der Waals surface area contributed by atoms with Crippen LogP contribution in [-0.2, 0) is 0 Å². The van der Waals surface area contributed by atoms with Crippen LogP contribution in [0.5, 0.6) is 0 Å². The second-order valence-electron chi connectivity index (χ2n) is 3.92. The molecule has 0 saturated carbocycles. The van der Waals surface area contributed by atoms with Gasteiger partial charge in [0.05, 0.1) is 5.69 Å². The Morgan fingerprint density at radius 1 is 0.824 bits per heavy atom. The summed E-state index contributed by atoms with van der Waals surface area (Å²) < 4.78 is 0. The molecule has 3 rings (SSSR count). The van der Waals surface area contributed by atoms with Crippen molar-refractivity contribution in [2.45, 2.75) is 0 Å². The number of rotatable bonds is 1. The van der Waals surface area contributed by atoms with Crippen LogP contribution >= 0.6 is 11.6 Å². The topological polar surface area (TPSA) is 12.9 Å². The summed E-state index contributed by atoms with van der Waals surface area (Å²) in [5.41, 5.74) is 1.99. The molecule has 0 amide bonds. The summed E-state index contributed by atoms with van der Waals surface area (Å²) in [6, 6.07) is 18.3. The molecule has 0 aliphatic rings. The molecular formula is C15H10ClN. The fourth-order valence-corrected chi connectivity index (χ4v) is 2.07. The zero-order valence-corrected chi connectivity index (χ0v) is 9.85. The van der Waals surface area contributed by atoms with Crippen molar-refractivity contribution >= 4 is 22.4 Å². The molecule has 2 heteroatoms. The van der Waals surface area contributed by atoms with Crippen molar-refractivity contribution in [3.05, 3.63) is 65.8 Å². The van der Waals surface area contributed by atoms with Crippen LogP contribution in [-0.4, -0.2) is 4.98 Å². The quantitative estimate of drug-likeness (QED) is 0.607. The van der Waals surface area contributed by atoms with Gasteiger partial charge in [-0.1, -0.05) is 48.0 Å². The minimum Gasteiger partial charge on any atom is -0.256 e. The molecule has 0 N–H and O–H groups in total. The van der Waals surface area contributed by atoms with Gasteiger partial charge in [-0.15, -0.1) is 0 Å². The highest BCUT2D eigenvalue weighted by Gasteiger charge is 2.01. The minimum absolute atomic E-state index is 0.711. The third kappa shape index (κ3) is 2.02. The summed E-state index contributed by atoms with van der Waals surface area (Å²) >= 11 is 5.97. The molecule has 0 bridgehead atoms. The second-order valence-corrected chi connectivity index (χ2v) is 4.36. The van der Waals surface area contributed by atoms with Crippen molar-refractivity contribution < 1.29 is 0 Å². The van der Waals surface area contributed by atoms with Crippen molar-refractivity contribution in [2.75, 3.05) is 0 Å². The van der Waals surface area contributed by atoms with Gasteiger partial charge in [-0.2, -0.15) is 0 Å². The van der Waals surface area contributed by atoms with E-state index in [0.29, 0.717) is 5.02 Å². The Balaban J connectivity index is 2.18. The molecular weight excluding hydrogens is 230 g/mol. The first-order chi connectivity index (χ1) is 8.33. The molecule has 0 fully saturated rings. The Morgan fingerprint density at radius 2 is 1.65 bits per heavy atom. The van der Waals surface area contributed by atoms with Gasteiger partial charge in [0, 0.05) is 16.8 Å². The molecule has 0 aliphatic heterocycles. The van der Waals surface area contributed by atoms with E-state index in [4.69, 9.17) is 11.6 Å². The summed E-state index contributed by atoms with van der Waals surface area (Å²) in [5.74, 6) is 0. The maximum atomic E-state index is 5.97. The first-order valence-electron chi connectivity index (χ1n) is 5.44. The molecule has 2 aromatic carbocycles. The molecule has 17 heavy (non-hydrogen) atoms. The van der Waals surface area contributed by atoms with Gasteiger partial charge in [-0.25, -0.2) is 0 Å². The van der Waals surface area contributed by atoms with E-state index in [1.807, 2.05) is 18.2 Å². The highest BCUT2D eigenvalue weighted by atomic mass is 35.5. The molecule has 82 valence electrons. The van der Waals surface area contributed by atoms with E-state index in [2.05, 4.69) is 35.3 Å². The van der Waals surface area contributed by atoms with Crippen LogP contribution in [0.4, 0.5) is 0 Å². The van der Waals surface area contributed by atoms with E-state index in [9.17, 15) is 0 Å². The van der Waals surface area contributed by atoms with Gasteiger partial charge in [0.2, 0.25) is 0 Å². The van der Waals surface area contributed by atoms with Crippen molar-refractivity contribution in [2.24, 2.45) is 0 Å². The highest BCUT2D eigenvalue weighted by molar-refractivity contribution is 6.30. The van der Waals surface area contributed by atoms with Gasteiger partial charge in [0.25, 0.3) is 0 Å². The molecule has 0 radical (unpaired) electrons. The zero-order chi connectivity index (χ0) is 11.7. The third-order valence-electron chi connectivity index (χ3n) is 2.77. The predicted molar refractivity (Wildman–Crippen MR) is 72.2 cm³/mol. The first kappa shape index (κ1) is 10.3. The minimum atomic E-state index is 0.711. The van der Waals surface area contributed by atoms with Gasteiger partial charge < -0.3 is 0 Å². The fraction of sp³-hybridized carbons (Fsp3) is 0. The normalized spacial score (nSPS) is 10.6. The molecule has 0 unspecified atom stereocenters. The van der Waals surface area contributed by atoms with E-state index in [0.717, 1.165) is 11.3 Å². The first-order valence-corrected chi connectivity index (χ1v) is 5.81. The molecule has 0 saturated heterocycles. The van der Waals surface area contributed by atoms with Gasteiger partial charge in [-0.05, 0) is 29.0 Å². The Hall–Kier alpha value is -1.86. The maximum Gasteiger partial charge on any atom is 0.0716 e. The monoisotopic (exact) mass is 239 g/mol. The van der Waals surface area contributed by atoms with Crippen LogP contribution in [0, 0.1) is 0 Å². The lowest BCUT2D eigenvalue weighted by Crippen LogP contribution is -1.83. The van der Waals surface area contributed by atoms with E-state index < -0.39 is 0 Å². The fourth-order valence-electron chi connectivity index (χ4n) is 1.91. The van der Waals surface area contributed by atoms with Gasteiger partial charge in [0.1, 0.15) is 0 Å². The summed E-state index contributed by atoms with van der Waals surface area (Å²) in [7, 11) is 0. The van der Waals surface area contributed by atoms with Crippen LogP contribution in [0.2, 0.25) is 5.02 Å². The third-order valence-corrected chi connectivity index (χ3v) is 3.00. The van der Waals surface area contributed by atoms with Crippen LogP contribution < -0.4 is 0 Å². The summed E-state index contributed by atoms with van der Waals surface area (Å²) in [5, 5.41) is 3.16. The molecule has 1 heterocycles. The molecule has 1 aromatic heterocycles. The van der Waals surface area contributed by atoms with Crippen molar-refractivity contribution in [1.82, 2.24) is 4.98 Å². The van der Waals surface area contributed by atoms with Gasteiger partial charge in [0.15, 0.2) is 0 Å². The molecule has 1 nitrogen and oxygen atoms in total. The molecule has 3 aromatic rings. The van der Waals surface area contributed by atoms with Gasteiger partial charge >= 0.3 is 0 Å². The molecule has 0 spiro atoms. The lowest BCUT2D eigenvalue weighted by molar-refractivity contribution is 1.33. The Morgan fingerprint density at radius 3 is 2.47 bits per heavy atom. The van der Waals surface area contributed by atoms with Crippen LogP contribution in [0.1, 0.15) is 0 Å². The number of pyridine rings is 1. The van der Waals surface area contributed by atoms with Crippen LogP contribution in [0.15, 0.2) is 60.8 Å². The zero-order valence-electron chi connectivity index (χ0n) is 9.10. The highest BCUT2D eigenvalue weighted by Crippen LogP contribution is 2.24. The molecule has 0 aliphatic carbocycles. The lowest BCUT2D eigenvalue weighted by atomic mass is 10.0. The molecule has 0 atom stereocenters. The summed E-state index contributed by atoms with van der Waals surface area (Å²) in [4.78, 5) is 4.33. The number of hydrogen-bond donors (Lipinski definition) is 0. The van der Waals surface area contributed by atoms with Crippen molar-refractivity contribution in [3.63, 3.8) is 0 Å². The Bertz CT molecular complexity index is 676. The van der Waals surface area contributed by atoms with Crippen molar-refractivity contribution in [1.29, 1.82) is 0 Å². The Kier molecular flexibility index (Phi) is 2.54. The lowest BCUT2D eigenvalue weighted by Gasteiger charge is -2.03. The predicted octanol–water partition coefficient (Wildman–Crippen LogP) is 4.56. The van der Waals surface area contributed by atoms with Crippen LogP contribution in [0.25, 0.3) is 22.0 Å². The number of nitrogens with zero attached hydrogens (tertiary/aromatic N) is 1. The number of benzene rings is 2. The van der Waals surface area contributed by atoms with Crippen molar-refractivity contribution in [3.8, 4) is 11.3 Å². The Labute approximate surface area is 105 Å². The average molecular weight is 240 g/mol. The smallest absolute Gasteiger partial charge is 0.0716 e. The average Bonchev–Trinajstić information content (AvgIpc) is 2.38.